The topological polar surface area (TPSA) is 49.3 Å². The van der Waals surface area contributed by atoms with Gasteiger partial charge >= 0.3 is 0 Å². The maximum atomic E-state index is 12.2. The first kappa shape index (κ1) is 16.8. The zero-order valence-electron chi connectivity index (χ0n) is 14.1. The average molecular weight is 295 g/mol. The lowest BCUT2D eigenvalue weighted by atomic mass is 9.76. The van der Waals surface area contributed by atoms with Crippen molar-refractivity contribution in [2.45, 2.75) is 96.6 Å². The van der Waals surface area contributed by atoms with Gasteiger partial charge in [-0.15, -0.1) is 0 Å². The van der Waals surface area contributed by atoms with Crippen molar-refractivity contribution >= 4 is 5.91 Å². The molecule has 0 radical (unpaired) electrons. The van der Waals surface area contributed by atoms with Gasteiger partial charge in [0.25, 0.3) is 0 Å². The number of amides is 1. The Labute approximate surface area is 129 Å². The summed E-state index contributed by atoms with van der Waals surface area (Å²) in [5.74, 6) is 0.817. The molecule has 2 rings (SSSR count). The monoisotopic (exact) mass is 295 g/mol. The molecule has 2 N–H and O–H groups in total. The first-order valence-corrected chi connectivity index (χ1v) is 8.80. The third-order valence-corrected chi connectivity index (χ3v) is 5.58. The van der Waals surface area contributed by atoms with E-state index in [0.717, 1.165) is 44.4 Å². The number of hydrogen-bond acceptors (Lipinski definition) is 2. The van der Waals surface area contributed by atoms with Crippen LogP contribution in [0, 0.1) is 11.3 Å². The highest BCUT2D eigenvalue weighted by atomic mass is 16.3. The predicted octanol–water partition coefficient (Wildman–Crippen LogP) is 3.79. The quantitative estimate of drug-likeness (QED) is 0.778. The third kappa shape index (κ3) is 4.98. The molecule has 0 aromatic carbocycles. The Kier molecular flexibility index (Phi) is 5.34. The van der Waals surface area contributed by atoms with Gasteiger partial charge in [0.2, 0.25) is 5.91 Å². The highest BCUT2D eigenvalue weighted by Crippen LogP contribution is 2.37. The third-order valence-electron chi connectivity index (χ3n) is 5.58. The van der Waals surface area contributed by atoms with Crippen molar-refractivity contribution < 1.29 is 9.90 Å². The molecule has 2 saturated carbocycles. The van der Waals surface area contributed by atoms with Gasteiger partial charge in [0.05, 0.1) is 12.0 Å². The van der Waals surface area contributed by atoms with Crippen molar-refractivity contribution in [2.75, 3.05) is 0 Å². The predicted molar refractivity (Wildman–Crippen MR) is 86.0 cm³/mol. The Morgan fingerprint density at radius 2 is 1.76 bits per heavy atom. The minimum Gasteiger partial charge on any atom is -0.389 e. The van der Waals surface area contributed by atoms with Crippen LogP contribution in [0.4, 0.5) is 0 Å². The van der Waals surface area contributed by atoms with Crippen LogP contribution >= 0.6 is 0 Å². The van der Waals surface area contributed by atoms with E-state index in [2.05, 4.69) is 26.1 Å². The second-order valence-electron chi connectivity index (χ2n) is 8.44. The summed E-state index contributed by atoms with van der Waals surface area (Å²) < 4.78 is 0. The van der Waals surface area contributed by atoms with E-state index in [1.165, 1.54) is 19.3 Å². The van der Waals surface area contributed by atoms with Gasteiger partial charge in [0, 0.05) is 6.04 Å². The molecule has 0 spiro atoms. The lowest BCUT2D eigenvalue weighted by molar-refractivity contribution is -0.126. The summed E-state index contributed by atoms with van der Waals surface area (Å²) in [5, 5.41) is 13.5. The molecular formula is C18H33NO2. The van der Waals surface area contributed by atoms with E-state index < -0.39 is 5.60 Å². The van der Waals surface area contributed by atoms with Gasteiger partial charge in [-0.2, -0.15) is 0 Å². The van der Waals surface area contributed by atoms with E-state index in [-0.39, 0.29) is 5.91 Å². The Morgan fingerprint density at radius 3 is 2.38 bits per heavy atom. The smallest absolute Gasteiger partial charge is 0.223 e. The van der Waals surface area contributed by atoms with E-state index in [4.69, 9.17) is 0 Å². The molecule has 21 heavy (non-hydrogen) atoms. The number of carbonyl (C=O) groups excluding carboxylic acids is 1. The van der Waals surface area contributed by atoms with Crippen molar-refractivity contribution in [1.29, 1.82) is 0 Å². The summed E-state index contributed by atoms with van der Waals surface area (Å²) in [6.07, 6.45) is 9.86. The summed E-state index contributed by atoms with van der Waals surface area (Å²) in [5.41, 5.74) is -0.347. The second-order valence-corrected chi connectivity index (χ2v) is 8.44. The SMILES string of the molecule is CC(C)(C)[C@H]1CCC[C@@H](NC(=O)CC2(O)CCCC2)CC1. The molecule has 0 heterocycles. The largest absolute Gasteiger partial charge is 0.389 e. The van der Waals surface area contributed by atoms with Crippen molar-refractivity contribution in [3.05, 3.63) is 0 Å². The molecular weight excluding hydrogens is 262 g/mol. The summed E-state index contributed by atoms with van der Waals surface area (Å²) in [4.78, 5) is 12.2. The van der Waals surface area contributed by atoms with Gasteiger partial charge in [-0.25, -0.2) is 0 Å². The summed E-state index contributed by atoms with van der Waals surface area (Å²) in [6, 6.07) is 0.315. The average Bonchev–Trinajstić information content (AvgIpc) is 2.63. The van der Waals surface area contributed by atoms with Gasteiger partial charge in [-0.3, -0.25) is 4.79 Å². The molecule has 0 bridgehead atoms. The van der Waals surface area contributed by atoms with E-state index >= 15 is 0 Å². The van der Waals surface area contributed by atoms with Crippen LogP contribution in [-0.2, 0) is 4.79 Å². The fourth-order valence-corrected chi connectivity index (χ4v) is 4.10. The number of aliphatic hydroxyl groups is 1. The van der Waals surface area contributed by atoms with E-state index in [9.17, 15) is 9.90 Å². The molecule has 3 nitrogen and oxygen atoms in total. The molecule has 2 fully saturated rings. The number of hydrogen-bond donors (Lipinski definition) is 2. The summed E-state index contributed by atoms with van der Waals surface area (Å²) in [7, 11) is 0. The van der Waals surface area contributed by atoms with E-state index in [1.54, 1.807) is 0 Å². The van der Waals surface area contributed by atoms with Gasteiger partial charge in [0.1, 0.15) is 0 Å². The van der Waals surface area contributed by atoms with E-state index in [1.807, 2.05) is 0 Å². The van der Waals surface area contributed by atoms with E-state index in [0.29, 0.717) is 17.9 Å². The molecule has 2 aliphatic carbocycles. The van der Waals surface area contributed by atoms with Gasteiger partial charge in [-0.1, -0.05) is 40.0 Å². The standard InChI is InChI=1S/C18H33NO2/c1-17(2,3)14-7-6-8-15(10-9-14)19-16(20)13-18(21)11-4-5-12-18/h14-15,21H,4-13H2,1-3H3,(H,19,20)/t14-,15+/m0/s1. The number of rotatable bonds is 3. The molecule has 122 valence electrons. The maximum absolute atomic E-state index is 12.2. The van der Waals surface area contributed by atoms with Crippen LogP contribution < -0.4 is 5.32 Å². The molecule has 0 saturated heterocycles. The van der Waals surface area contributed by atoms with Gasteiger partial charge in [0.15, 0.2) is 0 Å². The Morgan fingerprint density at radius 1 is 1.10 bits per heavy atom. The van der Waals surface area contributed by atoms with Crippen LogP contribution in [0.1, 0.15) is 85.0 Å². The fraction of sp³-hybridized carbons (Fsp3) is 0.944. The van der Waals surface area contributed by atoms with Crippen molar-refractivity contribution in [1.82, 2.24) is 5.32 Å². The summed E-state index contributed by atoms with van der Waals surface area (Å²) >= 11 is 0. The zero-order valence-corrected chi connectivity index (χ0v) is 14.1. The number of nitrogens with one attached hydrogen (secondary N) is 1. The molecule has 2 aliphatic rings. The van der Waals surface area contributed by atoms with Crippen LogP contribution in [0.3, 0.4) is 0 Å². The van der Waals surface area contributed by atoms with Crippen LogP contribution in [-0.4, -0.2) is 22.7 Å². The van der Waals surface area contributed by atoms with Crippen LogP contribution in [0.25, 0.3) is 0 Å². The molecule has 3 heteroatoms. The van der Waals surface area contributed by atoms with Gasteiger partial charge in [-0.05, 0) is 49.9 Å². The number of carbonyl (C=O) groups is 1. The molecule has 2 atom stereocenters. The first-order chi connectivity index (χ1) is 9.78. The Bertz CT molecular complexity index is 353. The van der Waals surface area contributed by atoms with Crippen LogP contribution in [0.2, 0.25) is 0 Å². The molecule has 0 unspecified atom stereocenters. The van der Waals surface area contributed by atoms with Crippen molar-refractivity contribution in [3.8, 4) is 0 Å². The molecule has 0 aliphatic heterocycles. The highest BCUT2D eigenvalue weighted by Gasteiger charge is 2.34. The lowest BCUT2D eigenvalue weighted by Gasteiger charge is -2.29. The van der Waals surface area contributed by atoms with Gasteiger partial charge < -0.3 is 10.4 Å². The van der Waals surface area contributed by atoms with Crippen molar-refractivity contribution in [2.24, 2.45) is 11.3 Å². The molecule has 0 aromatic rings. The second kappa shape index (κ2) is 6.68. The highest BCUT2D eigenvalue weighted by molar-refractivity contribution is 5.77. The fourth-order valence-electron chi connectivity index (χ4n) is 4.10. The normalized spacial score (nSPS) is 29.9. The summed E-state index contributed by atoms with van der Waals surface area (Å²) in [6.45, 7) is 6.98. The Balaban J connectivity index is 1.79. The lowest BCUT2D eigenvalue weighted by Crippen LogP contribution is -2.39. The zero-order chi connectivity index (χ0) is 15.5. The first-order valence-electron chi connectivity index (χ1n) is 8.80. The minimum absolute atomic E-state index is 0.0543. The minimum atomic E-state index is -0.719. The van der Waals surface area contributed by atoms with Crippen molar-refractivity contribution in [3.63, 3.8) is 0 Å². The molecule has 1 amide bonds. The van der Waals surface area contributed by atoms with Crippen LogP contribution in [0.5, 0.6) is 0 Å². The van der Waals surface area contributed by atoms with Crippen LogP contribution in [0.15, 0.2) is 0 Å². The maximum Gasteiger partial charge on any atom is 0.223 e. The Hall–Kier alpha value is -0.570. The molecule has 0 aromatic heterocycles.